The summed E-state index contributed by atoms with van der Waals surface area (Å²) in [4.78, 5) is 0. The van der Waals surface area contributed by atoms with E-state index in [1.807, 2.05) is 0 Å². The summed E-state index contributed by atoms with van der Waals surface area (Å²) in [5.41, 5.74) is 1.40. The van der Waals surface area contributed by atoms with Gasteiger partial charge in [-0.3, -0.25) is 0 Å². The van der Waals surface area contributed by atoms with Gasteiger partial charge in [-0.25, -0.2) is 0 Å². The molecule has 1 nitrogen and oxygen atoms in total. The number of nitrogens with one attached hydrogen (secondary N) is 1. The standard InChI is InChI=1S/C17H25N/c1-3-5-8-14-17(18-15-11-6-4-2)16-12-9-7-10-13-16/h2,7,9-10,12-13,17-18H,3,5-6,8,11,14-15H2,1H3. The zero-order valence-electron chi connectivity index (χ0n) is 11.5. The highest BCUT2D eigenvalue weighted by molar-refractivity contribution is 5.18. The Morgan fingerprint density at radius 1 is 1.17 bits per heavy atom. The largest absolute Gasteiger partial charge is 0.310 e. The van der Waals surface area contributed by atoms with E-state index in [4.69, 9.17) is 6.42 Å². The quantitative estimate of drug-likeness (QED) is 0.503. The summed E-state index contributed by atoms with van der Waals surface area (Å²) in [7, 11) is 0. The molecule has 1 aromatic rings. The highest BCUT2D eigenvalue weighted by atomic mass is 14.9. The summed E-state index contributed by atoms with van der Waals surface area (Å²) < 4.78 is 0. The van der Waals surface area contributed by atoms with Gasteiger partial charge in [0.1, 0.15) is 0 Å². The van der Waals surface area contributed by atoms with Crippen LogP contribution in [0.3, 0.4) is 0 Å². The number of hydrogen-bond donors (Lipinski definition) is 1. The zero-order chi connectivity index (χ0) is 13.1. The van der Waals surface area contributed by atoms with E-state index in [9.17, 15) is 0 Å². The number of hydrogen-bond acceptors (Lipinski definition) is 1. The van der Waals surface area contributed by atoms with E-state index >= 15 is 0 Å². The molecule has 0 saturated heterocycles. The summed E-state index contributed by atoms with van der Waals surface area (Å²) in [6.07, 6.45) is 12.3. The summed E-state index contributed by atoms with van der Waals surface area (Å²) in [6, 6.07) is 11.2. The van der Waals surface area contributed by atoms with Gasteiger partial charge in [-0.15, -0.1) is 12.3 Å². The maximum Gasteiger partial charge on any atom is 0.0320 e. The SMILES string of the molecule is C#CCCCNC(CCCCC)c1ccccc1. The van der Waals surface area contributed by atoms with E-state index in [1.165, 1.54) is 31.2 Å². The molecule has 0 aliphatic carbocycles. The molecule has 0 aliphatic rings. The lowest BCUT2D eigenvalue weighted by Gasteiger charge is -2.19. The molecule has 0 aliphatic heterocycles. The Balaban J connectivity index is 2.45. The van der Waals surface area contributed by atoms with Crippen molar-refractivity contribution in [2.75, 3.05) is 6.54 Å². The van der Waals surface area contributed by atoms with Gasteiger partial charge in [0.05, 0.1) is 0 Å². The van der Waals surface area contributed by atoms with Crippen molar-refractivity contribution in [2.24, 2.45) is 0 Å². The summed E-state index contributed by atoms with van der Waals surface area (Å²) in [5, 5.41) is 3.63. The van der Waals surface area contributed by atoms with Gasteiger partial charge < -0.3 is 5.32 Å². The summed E-state index contributed by atoms with van der Waals surface area (Å²) in [5.74, 6) is 2.69. The second-order valence-corrected chi connectivity index (χ2v) is 4.72. The van der Waals surface area contributed by atoms with Crippen molar-refractivity contribution in [1.29, 1.82) is 0 Å². The molecule has 0 saturated carbocycles. The molecule has 1 N–H and O–H groups in total. The molecule has 1 aromatic carbocycles. The Morgan fingerprint density at radius 2 is 1.94 bits per heavy atom. The van der Waals surface area contributed by atoms with E-state index in [-0.39, 0.29) is 0 Å². The fourth-order valence-corrected chi connectivity index (χ4v) is 2.14. The van der Waals surface area contributed by atoms with Crippen LogP contribution in [0.4, 0.5) is 0 Å². The molecule has 18 heavy (non-hydrogen) atoms. The topological polar surface area (TPSA) is 12.0 Å². The van der Waals surface area contributed by atoms with Gasteiger partial charge in [0.15, 0.2) is 0 Å². The third-order valence-electron chi connectivity index (χ3n) is 3.19. The van der Waals surface area contributed by atoms with Gasteiger partial charge in [0.2, 0.25) is 0 Å². The van der Waals surface area contributed by atoms with Crippen LogP contribution in [0.15, 0.2) is 30.3 Å². The first-order valence-corrected chi connectivity index (χ1v) is 7.10. The van der Waals surface area contributed by atoms with Gasteiger partial charge in [-0.05, 0) is 24.9 Å². The Hall–Kier alpha value is -1.26. The van der Waals surface area contributed by atoms with Crippen LogP contribution in [0.2, 0.25) is 0 Å². The summed E-state index contributed by atoms with van der Waals surface area (Å²) >= 11 is 0. The summed E-state index contributed by atoms with van der Waals surface area (Å²) in [6.45, 7) is 3.26. The highest BCUT2D eigenvalue weighted by Crippen LogP contribution is 2.19. The first kappa shape index (κ1) is 14.8. The second-order valence-electron chi connectivity index (χ2n) is 4.72. The van der Waals surface area contributed by atoms with Crippen LogP contribution in [-0.4, -0.2) is 6.54 Å². The molecular formula is C17H25N. The Kier molecular flexibility index (Phi) is 8.01. The van der Waals surface area contributed by atoms with Crippen LogP contribution in [0.5, 0.6) is 0 Å². The van der Waals surface area contributed by atoms with Crippen molar-refractivity contribution in [3.05, 3.63) is 35.9 Å². The molecule has 0 spiro atoms. The number of rotatable bonds is 9. The molecule has 0 heterocycles. The normalized spacial score (nSPS) is 12.0. The van der Waals surface area contributed by atoms with Crippen molar-refractivity contribution >= 4 is 0 Å². The molecule has 1 heteroatoms. The minimum atomic E-state index is 0.482. The van der Waals surface area contributed by atoms with Gasteiger partial charge in [0, 0.05) is 12.5 Å². The third kappa shape index (κ3) is 5.89. The number of terminal acetylenes is 1. The fraction of sp³-hybridized carbons (Fsp3) is 0.529. The first-order valence-electron chi connectivity index (χ1n) is 7.10. The Morgan fingerprint density at radius 3 is 2.61 bits per heavy atom. The zero-order valence-corrected chi connectivity index (χ0v) is 11.5. The van der Waals surface area contributed by atoms with Crippen molar-refractivity contribution in [3.8, 4) is 12.3 Å². The van der Waals surface area contributed by atoms with Gasteiger partial charge in [-0.1, -0.05) is 56.5 Å². The lowest BCUT2D eigenvalue weighted by Crippen LogP contribution is -2.22. The highest BCUT2D eigenvalue weighted by Gasteiger charge is 2.09. The lowest BCUT2D eigenvalue weighted by atomic mass is 10.0. The van der Waals surface area contributed by atoms with Crippen LogP contribution in [-0.2, 0) is 0 Å². The van der Waals surface area contributed by atoms with Gasteiger partial charge in [0.25, 0.3) is 0 Å². The molecule has 0 amide bonds. The van der Waals surface area contributed by atoms with E-state index in [0.29, 0.717) is 6.04 Å². The number of benzene rings is 1. The minimum Gasteiger partial charge on any atom is -0.310 e. The Bertz CT molecular complexity index is 336. The molecule has 0 bridgehead atoms. The van der Waals surface area contributed by atoms with Crippen molar-refractivity contribution in [3.63, 3.8) is 0 Å². The smallest absolute Gasteiger partial charge is 0.0320 e. The molecule has 1 unspecified atom stereocenters. The van der Waals surface area contributed by atoms with E-state index < -0.39 is 0 Å². The van der Waals surface area contributed by atoms with Gasteiger partial charge >= 0.3 is 0 Å². The monoisotopic (exact) mass is 243 g/mol. The van der Waals surface area contributed by atoms with Crippen LogP contribution in [0.25, 0.3) is 0 Å². The van der Waals surface area contributed by atoms with Crippen molar-refractivity contribution in [2.45, 2.75) is 51.5 Å². The molecule has 98 valence electrons. The van der Waals surface area contributed by atoms with Crippen molar-refractivity contribution in [1.82, 2.24) is 5.32 Å². The van der Waals surface area contributed by atoms with Crippen molar-refractivity contribution < 1.29 is 0 Å². The lowest BCUT2D eigenvalue weighted by molar-refractivity contribution is 0.471. The van der Waals surface area contributed by atoms with E-state index in [1.54, 1.807) is 0 Å². The third-order valence-corrected chi connectivity index (χ3v) is 3.19. The minimum absolute atomic E-state index is 0.482. The average Bonchev–Trinajstić information content (AvgIpc) is 2.42. The van der Waals surface area contributed by atoms with E-state index in [2.05, 4.69) is 48.5 Å². The predicted octanol–water partition coefficient (Wildman–Crippen LogP) is 4.31. The fourth-order valence-electron chi connectivity index (χ4n) is 2.14. The van der Waals surface area contributed by atoms with E-state index in [0.717, 1.165) is 19.4 Å². The number of unbranched alkanes of at least 4 members (excludes halogenated alkanes) is 3. The second kappa shape index (κ2) is 9.74. The average molecular weight is 243 g/mol. The van der Waals surface area contributed by atoms with Crippen LogP contribution < -0.4 is 5.32 Å². The molecule has 0 fully saturated rings. The molecule has 1 atom stereocenters. The maximum absolute atomic E-state index is 5.28. The Labute approximate surface area is 112 Å². The van der Waals surface area contributed by atoms with Crippen LogP contribution in [0, 0.1) is 12.3 Å². The van der Waals surface area contributed by atoms with Crippen LogP contribution >= 0.6 is 0 Å². The molecule has 0 aromatic heterocycles. The predicted molar refractivity (Wildman–Crippen MR) is 79.4 cm³/mol. The first-order chi connectivity index (χ1) is 8.88. The molecule has 0 radical (unpaired) electrons. The van der Waals surface area contributed by atoms with Crippen LogP contribution in [0.1, 0.15) is 57.1 Å². The molecular weight excluding hydrogens is 218 g/mol. The van der Waals surface area contributed by atoms with Gasteiger partial charge in [-0.2, -0.15) is 0 Å². The molecule has 1 rings (SSSR count). The maximum atomic E-state index is 5.28.